The van der Waals surface area contributed by atoms with Crippen LogP contribution < -0.4 is 0 Å². The number of aromatic nitrogens is 2. The Balaban J connectivity index is 2.34. The predicted molar refractivity (Wildman–Crippen MR) is 67.3 cm³/mol. The van der Waals surface area contributed by atoms with Gasteiger partial charge in [-0.1, -0.05) is 28.4 Å². The summed E-state index contributed by atoms with van der Waals surface area (Å²) in [5.74, 6) is 0.400. The van der Waals surface area contributed by atoms with E-state index in [9.17, 15) is 8.42 Å². The molecule has 2 rings (SSSR count). The van der Waals surface area contributed by atoms with Crippen molar-refractivity contribution in [2.45, 2.75) is 9.73 Å². The van der Waals surface area contributed by atoms with Crippen LogP contribution in [0.4, 0.5) is 0 Å². The van der Waals surface area contributed by atoms with E-state index in [4.69, 9.17) is 27.7 Å². The van der Waals surface area contributed by atoms with E-state index in [2.05, 4.69) is 10.1 Å². The second kappa shape index (κ2) is 4.87. The summed E-state index contributed by atoms with van der Waals surface area (Å²) in [6.45, 7) is 0. The summed E-state index contributed by atoms with van der Waals surface area (Å²) < 4.78 is 27.4. The van der Waals surface area contributed by atoms with Crippen molar-refractivity contribution in [3.05, 3.63) is 30.2 Å². The van der Waals surface area contributed by atoms with Crippen LogP contribution in [-0.4, -0.2) is 24.8 Å². The summed E-state index contributed by atoms with van der Waals surface area (Å²) in [5.41, 5.74) is 0.617. The largest absolute Gasteiger partial charge is 0.336 e. The van der Waals surface area contributed by atoms with Gasteiger partial charge < -0.3 is 4.52 Å². The van der Waals surface area contributed by atoms with Gasteiger partial charge in [0, 0.05) is 11.8 Å². The Morgan fingerprint density at radius 2 is 1.83 bits per heavy atom. The lowest BCUT2D eigenvalue weighted by Crippen LogP contribution is -1.96. The third kappa shape index (κ3) is 2.82. The fraction of sp³-hybridized carbons (Fsp3) is 0.200. The van der Waals surface area contributed by atoms with E-state index in [-0.39, 0.29) is 10.8 Å². The van der Waals surface area contributed by atoms with Gasteiger partial charge in [0.25, 0.3) is 5.89 Å². The lowest BCUT2D eigenvalue weighted by Gasteiger charge is -1.98. The molecule has 2 aromatic rings. The standard InChI is InChI=1S/C10H8Cl2N2O3S/c1-18(15,16)7-4-2-6(3-5-7)9-13-10(8(11)12)17-14-9/h2-5,8H,1H3. The van der Waals surface area contributed by atoms with Gasteiger partial charge in [-0.3, -0.25) is 0 Å². The molecule has 8 heteroatoms. The van der Waals surface area contributed by atoms with Gasteiger partial charge in [-0.05, 0) is 24.3 Å². The minimum absolute atomic E-state index is 0.0977. The Morgan fingerprint density at radius 3 is 2.28 bits per heavy atom. The van der Waals surface area contributed by atoms with E-state index in [0.717, 1.165) is 6.26 Å². The smallest absolute Gasteiger partial charge is 0.260 e. The van der Waals surface area contributed by atoms with Crippen LogP contribution in [-0.2, 0) is 9.84 Å². The molecule has 1 aromatic heterocycles. The van der Waals surface area contributed by atoms with Crippen LogP contribution >= 0.6 is 23.2 Å². The minimum Gasteiger partial charge on any atom is -0.336 e. The van der Waals surface area contributed by atoms with Gasteiger partial charge in [0.05, 0.1) is 4.90 Å². The van der Waals surface area contributed by atoms with E-state index in [0.29, 0.717) is 11.4 Å². The maximum atomic E-state index is 11.3. The third-order valence-corrected chi connectivity index (χ3v) is 3.67. The zero-order valence-electron chi connectivity index (χ0n) is 9.17. The van der Waals surface area contributed by atoms with Crippen LogP contribution in [0.25, 0.3) is 11.4 Å². The Bertz CT molecular complexity index is 650. The first kappa shape index (κ1) is 13.3. The summed E-state index contributed by atoms with van der Waals surface area (Å²) in [7, 11) is -3.22. The van der Waals surface area contributed by atoms with Crippen molar-refractivity contribution in [2.24, 2.45) is 0 Å². The molecule has 0 spiro atoms. The van der Waals surface area contributed by atoms with Crippen molar-refractivity contribution in [2.75, 3.05) is 6.26 Å². The van der Waals surface area contributed by atoms with E-state index in [1.807, 2.05) is 0 Å². The van der Waals surface area contributed by atoms with Crippen molar-refractivity contribution in [1.29, 1.82) is 0 Å². The molecule has 0 aliphatic heterocycles. The van der Waals surface area contributed by atoms with Crippen molar-refractivity contribution >= 4 is 33.0 Å². The number of hydrogen-bond donors (Lipinski definition) is 0. The van der Waals surface area contributed by atoms with Crippen molar-refractivity contribution in [3.63, 3.8) is 0 Å². The van der Waals surface area contributed by atoms with E-state index < -0.39 is 14.7 Å². The monoisotopic (exact) mass is 306 g/mol. The highest BCUT2D eigenvalue weighted by atomic mass is 35.5. The summed E-state index contributed by atoms with van der Waals surface area (Å²) in [4.78, 5) is 3.32. The maximum Gasteiger partial charge on any atom is 0.260 e. The van der Waals surface area contributed by atoms with Crippen LogP contribution in [0, 0.1) is 0 Å². The normalized spacial score (nSPS) is 12.0. The quantitative estimate of drug-likeness (QED) is 0.815. The molecular formula is C10H8Cl2N2O3S. The number of alkyl halides is 2. The highest BCUT2D eigenvalue weighted by molar-refractivity contribution is 7.90. The average Bonchev–Trinajstić information content (AvgIpc) is 2.77. The first-order chi connectivity index (χ1) is 8.38. The summed E-state index contributed by atoms with van der Waals surface area (Å²) in [6.07, 6.45) is 1.14. The SMILES string of the molecule is CS(=O)(=O)c1ccc(-c2noc(C(Cl)Cl)n2)cc1. The molecule has 0 bridgehead atoms. The molecular weight excluding hydrogens is 299 g/mol. The molecule has 0 aliphatic carbocycles. The molecule has 96 valence electrons. The molecule has 5 nitrogen and oxygen atoms in total. The van der Waals surface area contributed by atoms with Crippen LogP contribution in [0.15, 0.2) is 33.7 Å². The Hall–Kier alpha value is -1.11. The highest BCUT2D eigenvalue weighted by Gasteiger charge is 2.15. The maximum absolute atomic E-state index is 11.3. The zero-order valence-corrected chi connectivity index (χ0v) is 11.5. The van der Waals surface area contributed by atoms with E-state index in [1.54, 1.807) is 12.1 Å². The molecule has 0 radical (unpaired) electrons. The highest BCUT2D eigenvalue weighted by Crippen LogP contribution is 2.25. The number of nitrogens with zero attached hydrogens (tertiary/aromatic N) is 2. The molecule has 18 heavy (non-hydrogen) atoms. The Morgan fingerprint density at radius 1 is 1.22 bits per heavy atom. The first-order valence-corrected chi connectivity index (χ1v) is 7.56. The summed E-state index contributed by atoms with van der Waals surface area (Å²) in [6, 6.07) is 6.12. The number of hydrogen-bond acceptors (Lipinski definition) is 5. The first-order valence-electron chi connectivity index (χ1n) is 4.80. The molecule has 0 amide bonds. The van der Waals surface area contributed by atoms with Gasteiger partial charge in [-0.2, -0.15) is 4.98 Å². The lowest BCUT2D eigenvalue weighted by molar-refractivity contribution is 0.388. The second-order valence-corrected chi connectivity index (χ2v) is 6.67. The summed E-state index contributed by atoms with van der Waals surface area (Å²) in [5, 5.41) is 3.70. The van der Waals surface area contributed by atoms with Crippen LogP contribution in [0.2, 0.25) is 0 Å². The van der Waals surface area contributed by atoms with Crippen LogP contribution in [0.3, 0.4) is 0 Å². The molecule has 1 heterocycles. The molecule has 0 saturated heterocycles. The molecule has 0 unspecified atom stereocenters. The number of rotatable bonds is 3. The topological polar surface area (TPSA) is 73.1 Å². The van der Waals surface area contributed by atoms with Gasteiger partial charge in [-0.15, -0.1) is 0 Å². The fourth-order valence-corrected chi connectivity index (χ4v) is 2.10. The average molecular weight is 307 g/mol. The molecule has 0 atom stereocenters. The fourth-order valence-electron chi connectivity index (χ4n) is 1.29. The van der Waals surface area contributed by atoms with Gasteiger partial charge in [-0.25, -0.2) is 8.42 Å². The molecule has 0 saturated carbocycles. The number of halogens is 2. The zero-order chi connectivity index (χ0) is 13.3. The molecule has 0 fully saturated rings. The van der Waals surface area contributed by atoms with Gasteiger partial charge >= 0.3 is 0 Å². The Kier molecular flexibility index (Phi) is 3.61. The number of benzene rings is 1. The van der Waals surface area contributed by atoms with Crippen molar-refractivity contribution < 1.29 is 12.9 Å². The van der Waals surface area contributed by atoms with Crippen molar-refractivity contribution in [3.8, 4) is 11.4 Å². The van der Waals surface area contributed by atoms with Crippen LogP contribution in [0.5, 0.6) is 0 Å². The van der Waals surface area contributed by atoms with Gasteiger partial charge in [0.2, 0.25) is 5.82 Å². The minimum atomic E-state index is -3.22. The van der Waals surface area contributed by atoms with Gasteiger partial charge in [0.15, 0.2) is 14.7 Å². The van der Waals surface area contributed by atoms with Gasteiger partial charge in [0.1, 0.15) is 0 Å². The van der Waals surface area contributed by atoms with E-state index in [1.165, 1.54) is 12.1 Å². The molecule has 0 N–H and O–H groups in total. The number of sulfone groups is 1. The third-order valence-electron chi connectivity index (χ3n) is 2.17. The van der Waals surface area contributed by atoms with E-state index >= 15 is 0 Å². The lowest BCUT2D eigenvalue weighted by atomic mass is 10.2. The second-order valence-electron chi connectivity index (χ2n) is 3.55. The predicted octanol–water partition coefficient (Wildman–Crippen LogP) is 2.62. The Labute approximate surface area is 114 Å². The summed E-state index contributed by atoms with van der Waals surface area (Å²) >= 11 is 11.2. The molecule has 1 aromatic carbocycles. The van der Waals surface area contributed by atoms with Crippen molar-refractivity contribution in [1.82, 2.24) is 10.1 Å². The van der Waals surface area contributed by atoms with Crippen LogP contribution in [0.1, 0.15) is 10.7 Å². The molecule has 0 aliphatic rings.